The van der Waals surface area contributed by atoms with Crippen molar-refractivity contribution in [1.82, 2.24) is 0 Å². The minimum absolute atomic E-state index is 0.326. The number of aryl methyl sites for hydroxylation is 1. The first kappa shape index (κ1) is 9.93. The summed E-state index contributed by atoms with van der Waals surface area (Å²) in [5.41, 5.74) is 1.67. The molecule has 0 fully saturated rings. The Balaban J connectivity index is 2.22. The first-order chi connectivity index (χ1) is 7.25. The van der Waals surface area contributed by atoms with Crippen molar-refractivity contribution in [3.05, 3.63) is 46.8 Å². The Morgan fingerprint density at radius 1 is 1.27 bits per heavy atom. The van der Waals surface area contributed by atoms with E-state index in [2.05, 4.69) is 4.99 Å². The number of hydrogen-bond donors (Lipinski definition) is 1. The molecular formula is C12H11NOS. The van der Waals surface area contributed by atoms with Crippen molar-refractivity contribution >= 4 is 23.2 Å². The van der Waals surface area contributed by atoms with Gasteiger partial charge in [-0.25, -0.2) is 0 Å². The molecule has 1 N–H and O–H groups in total. The average molecular weight is 217 g/mol. The highest BCUT2D eigenvalue weighted by molar-refractivity contribution is 7.14. The minimum atomic E-state index is 0.326. The minimum Gasteiger partial charge on any atom is -0.499 e. The van der Waals surface area contributed by atoms with Gasteiger partial charge in [0, 0.05) is 16.7 Å². The topological polar surface area (TPSA) is 32.6 Å². The second kappa shape index (κ2) is 4.28. The van der Waals surface area contributed by atoms with E-state index in [1.54, 1.807) is 6.21 Å². The van der Waals surface area contributed by atoms with Gasteiger partial charge < -0.3 is 5.11 Å². The first-order valence-electron chi connectivity index (χ1n) is 4.64. The summed E-state index contributed by atoms with van der Waals surface area (Å²) in [5, 5.41) is 9.86. The Kier molecular flexibility index (Phi) is 2.83. The third-order valence-corrected chi connectivity index (χ3v) is 2.84. The molecule has 0 unspecified atom stereocenters. The van der Waals surface area contributed by atoms with E-state index in [9.17, 15) is 5.11 Å². The monoisotopic (exact) mass is 217 g/mol. The molecule has 0 aliphatic heterocycles. The molecule has 0 aliphatic rings. The number of aliphatic imine (C=N–C) groups is 1. The zero-order chi connectivity index (χ0) is 10.7. The fourth-order valence-corrected chi connectivity index (χ4v) is 1.99. The van der Waals surface area contributed by atoms with Crippen LogP contribution in [0.3, 0.4) is 0 Å². The van der Waals surface area contributed by atoms with E-state index in [0.29, 0.717) is 5.06 Å². The Bertz CT molecular complexity index is 474. The number of aromatic hydroxyl groups is 1. The predicted molar refractivity (Wildman–Crippen MR) is 64.4 cm³/mol. The Hall–Kier alpha value is -1.61. The van der Waals surface area contributed by atoms with Crippen LogP contribution in [0.5, 0.6) is 5.06 Å². The van der Waals surface area contributed by atoms with Crippen LogP contribution in [0.15, 0.2) is 41.4 Å². The van der Waals surface area contributed by atoms with Crippen molar-refractivity contribution in [3.63, 3.8) is 0 Å². The van der Waals surface area contributed by atoms with Crippen LogP contribution in [0.4, 0.5) is 5.69 Å². The van der Waals surface area contributed by atoms with E-state index in [1.165, 1.54) is 11.3 Å². The molecule has 0 saturated carbocycles. The maximum atomic E-state index is 9.54. The quantitative estimate of drug-likeness (QED) is 0.767. The highest BCUT2D eigenvalue weighted by Crippen LogP contribution is 2.27. The molecule has 1 aromatic heterocycles. The van der Waals surface area contributed by atoms with Gasteiger partial charge in [-0.15, -0.1) is 11.3 Å². The summed E-state index contributed by atoms with van der Waals surface area (Å²) in [6.07, 6.45) is 1.69. The van der Waals surface area contributed by atoms with Crippen LogP contribution in [-0.2, 0) is 0 Å². The van der Waals surface area contributed by atoms with Crippen molar-refractivity contribution in [2.45, 2.75) is 6.92 Å². The summed E-state index contributed by atoms with van der Waals surface area (Å²) >= 11 is 1.37. The van der Waals surface area contributed by atoms with Crippen LogP contribution in [-0.4, -0.2) is 11.3 Å². The molecule has 2 rings (SSSR count). The molecule has 0 aliphatic carbocycles. The number of hydrogen-bond acceptors (Lipinski definition) is 3. The Morgan fingerprint density at radius 3 is 2.60 bits per heavy atom. The van der Waals surface area contributed by atoms with Crippen molar-refractivity contribution < 1.29 is 5.11 Å². The molecule has 0 amide bonds. The fraction of sp³-hybridized carbons (Fsp3) is 0.0833. The highest BCUT2D eigenvalue weighted by atomic mass is 32.1. The molecule has 3 heteroatoms. The number of rotatable bonds is 2. The zero-order valence-electron chi connectivity index (χ0n) is 8.34. The Labute approximate surface area is 92.5 Å². The lowest BCUT2D eigenvalue weighted by Crippen LogP contribution is -1.75. The molecule has 0 bridgehead atoms. The van der Waals surface area contributed by atoms with Crippen molar-refractivity contribution in [1.29, 1.82) is 0 Å². The van der Waals surface area contributed by atoms with E-state index in [-0.39, 0.29) is 0 Å². The van der Waals surface area contributed by atoms with Crippen LogP contribution in [0.25, 0.3) is 0 Å². The Morgan fingerprint density at radius 2 is 2.00 bits per heavy atom. The largest absolute Gasteiger partial charge is 0.499 e. The predicted octanol–water partition coefficient (Wildman–Crippen LogP) is 3.51. The number of nitrogens with zero attached hydrogens (tertiary/aromatic N) is 1. The number of thiophene rings is 1. The van der Waals surface area contributed by atoms with Gasteiger partial charge in [0.25, 0.3) is 0 Å². The number of para-hydroxylation sites is 1. The van der Waals surface area contributed by atoms with E-state index < -0.39 is 0 Å². The molecule has 76 valence electrons. The van der Waals surface area contributed by atoms with Gasteiger partial charge in [0.1, 0.15) is 0 Å². The van der Waals surface area contributed by atoms with Crippen LogP contribution in [0, 0.1) is 6.92 Å². The van der Waals surface area contributed by atoms with E-state index >= 15 is 0 Å². The van der Waals surface area contributed by atoms with Crippen molar-refractivity contribution in [2.75, 3.05) is 0 Å². The fourth-order valence-electron chi connectivity index (χ4n) is 1.27. The molecule has 1 heterocycles. The normalized spacial score (nSPS) is 11.0. The third kappa shape index (κ3) is 2.44. The molecule has 2 nitrogen and oxygen atoms in total. The smallest absolute Gasteiger partial charge is 0.180 e. The van der Waals surface area contributed by atoms with Crippen molar-refractivity contribution in [3.8, 4) is 5.06 Å². The summed E-state index contributed by atoms with van der Waals surface area (Å²) in [6.45, 7) is 1.96. The van der Waals surface area contributed by atoms with E-state index in [4.69, 9.17) is 0 Å². The summed E-state index contributed by atoms with van der Waals surface area (Å²) in [7, 11) is 0. The summed E-state index contributed by atoms with van der Waals surface area (Å²) < 4.78 is 0. The maximum absolute atomic E-state index is 9.54. The van der Waals surface area contributed by atoms with E-state index in [0.717, 1.165) is 16.1 Å². The van der Waals surface area contributed by atoms with Crippen molar-refractivity contribution in [2.24, 2.45) is 4.99 Å². The van der Waals surface area contributed by atoms with Gasteiger partial charge >= 0.3 is 0 Å². The lowest BCUT2D eigenvalue weighted by Gasteiger charge is -1.91. The van der Waals surface area contributed by atoms with Gasteiger partial charge in [-0.3, -0.25) is 4.99 Å². The lowest BCUT2D eigenvalue weighted by atomic mass is 10.3. The van der Waals surface area contributed by atoms with Crippen LogP contribution >= 0.6 is 11.3 Å². The SMILES string of the molecule is Cc1cc(C=Nc2ccccc2)c(O)s1. The molecule has 0 spiro atoms. The van der Waals surface area contributed by atoms with Gasteiger partial charge in [-0.2, -0.15) is 0 Å². The third-order valence-electron chi connectivity index (χ3n) is 1.97. The maximum Gasteiger partial charge on any atom is 0.180 e. The molecule has 1 aromatic carbocycles. The average Bonchev–Trinajstić information content (AvgIpc) is 2.56. The molecular weight excluding hydrogens is 206 g/mol. The van der Waals surface area contributed by atoms with Gasteiger partial charge in [-0.1, -0.05) is 18.2 Å². The van der Waals surface area contributed by atoms with Crippen LogP contribution in [0.1, 0.15) is 10.4 Å². The molecule has 0 saturated heterocycles. The molecule has 2 aromatic rings. The van der Waals surface area contributed by atoms with Crippen LogP contribution in [0.2, 0.25) is 0 Å². The van der Waals surface area contributed by atoms with Gasteiger partial charge in [0.15, 0.2) is 5.06 Å². The standard InChI is InChI=1S/C12H11NOS/c1-9-7-10(12(14)15-9)8-13-11-5-3-2-4-6-11/h2-8,14H,1H3. The molecule has 0 atom stereocenters. The number of benzene rings is 1. The van der Waals surface area contributed by atoms with Gasteiger partial charge in [0.05, 0.1) is 5.69 Å². The highest BCUT2D eigenvalue weighted by Gasteiger charge is 2.01. The zero-order valence-corrected chi connectivity index (χ0v) is 9.16. The summed E-state index contributed by atoms with van der Waals surface area (Å²) in [5.74, 6) is 0. The summed E-state index contributed by atoms with van der Waals surface area (Å²) in [4.78, 5) is 5.36. The molecule has 0 radical (unpaired) electrons. The van der Waals surface area contributed by atoms with Gasteiger partial charge in [-0.05, 0) is 25.1 Å². The lowest BCUT2D eigenvalue weighted by molar-refractivity contribution is 0.490. The first-order valence-corrected chi connectivity index (χ1v) is 5.46. The van der Waals surface area contributed by atoms with Crippen LogP contribution < -0.4 is 0 Å². The molecule has 15 heavy (non-hydrogen) atoms. The second-order valence-electron chi connectivity index (χ2n) is 3.21. The van der Waals surface area contributed by atoms with Gasteiger partial charge in [0.2, 0.25) is 0 Å². The summed E-state index contributed by atoms with van der Waals surface area (Å²) in [6, 6.07) is 11.6. The second-order valence-corrected chi connectivity index (χ2v) is 4.45. The van der Waals surface area contributed by atoms with E-state index in [1.807, 2.05) is 43.3 Å².